The van der Waals surface area contributed by atoms with Crippen molar-refractivity contribution in [3.63, 3.8) is 0 Å². The van der Waals surface area contributed by atoms with Crippen LogP contribution in [0.4, 0.5) is 4.79 Å². The fraction of sp³-hybridized carbons (Fsp3) is 0.762. The first-order chi connectivity index (χ1) is 14.7. The number of nitrogens with one attached hydrogen (secondary N) is 3. The van der Waals surface area contributed by atoms with Gasteiger partial charge < -0.3 is 26.4 Å². The largest absolute Gasteiger partial charge is 0.465 e. The molecule has 1 atom stereocenters. The molecule has 0 aliphatic rings. The number of Topliss-reactive ketones (excluding diaryl/α,β-unsaturated/α-hetero) is 1. The average Bonchev–Trinajstić information content (AvgIpc) is 2.71. The lowest BCUT2D eigenvalue weighted by Crippen LogP contribution is -2.45. The Morgan fingerprint density at radius 1 is 0.903 bits per heavy atom. The molecule has 10 heteroatoms. The Labute approximate surface area is 184 Å². The number of hydrogen-bond acceptors (Lipinski definition) is 6. The molecule has 31 heavy (non-hydrogen) atoms. The number of ether oxygens (including phenoxy) is 1. The fourth-order valence-electron chi connectivity index (χ4n) is 2.88. The maximum absolute atomic E-state index is 12.0. The molecule has 1 unspecified atom stereocenters. The van der Waals surface area contributed by atoms with Crippen LogP contribution >= 0.6 is 0 Å². The molecule has 0 bridgehead atoms. The number of urea groups is 1. The molecule has 5 N–H and O–H groups in total. The van der Waals surface area contributed by atoms with Crippen LogP contribution in [-0.2, 0) is 23.9 Å². The lowest BCUT2D eigenvalue weighted by Gasteiger charge is -2.16. The minimum atomic E-state index is -0.679. The zero-order valence-corrected chi connectivity index (χ0v) is 19.0. The molecule has 0 rings (SSSR count). The van der Waals surface area contributed by atoms with Gasteiger partial charge in [0.2, 0.25) is 11.8 Å². The molecule has 0 aromatic heterocycles. The van der Waals surface area contributed by atoms with Gasteiger partial charge in [0, 0.05) is 13.0 Å². The molecule has 0 spiro atoms. The summed E-state index contributed by atoms with van der Waals surface area (Å²) in [6.45, 7) is 5.73. The minimum Gasteiger partial charge on any atom is -0.465 e. The SMILES string of the molecule is CCC(CC)C(=O)OCCCCCC(=O)NCC(=O)NC(CCCNC(N)=O)C(C)=O. The molecule has 0 aromatic rings. The third-order valence-electron chi connectivity index (χ3n) is 4.85. The van der Waals surface area contributed by atoms with Gasteiger partial charge in [0.1, 0.15) is 0 Å². The zero-order valence-electron chi connectivity index (χ0n) is 19.0. The highest BCUT2D eigenvalue weighted by atomic mass is 16.5. The zero-order chi connectivity index (χ0) is 23.6. The number of carbonyl (C=O) groups excluding carboxylic acids is 5. The first kappa shape index (κ1) is 28.4. The van der Waals surface area contributed by atoms with Gasteiger partial charge in [-0.3, -0.25) is 19.2 Å². The maximum atomic E-state index is 12.0. The molecular formula is C21H38N4O6. The number of rotatable bonds is 17. The Balaban J connectivity index is 3.94. The maximum Gasteiger partial charge on any atom is 0.312 e. The van der Waals surface area contributed by atoms with Gasteiger partial charge in [0.15, 0.2) is 5.78 Å². The highest BCUT2D eigenvalue weighted by molar-refractivity contribution is 5.90. The van der Waals surface area contributed by atoms with E-state index >= 15 is 0 Å². The molecule has 0 heterocycles. The van der Waals surface area contributed by atoms with Crippen molar-refractivity contribution in [3.8, 4) is 0 Å². The second kappa shape index (κ2) is 17.1. The summed E-state index contributed by atoms with van der Waals surface area (Å²) in [7, 11) is 0. The van der Waals surface area contributed by atoms with Gasteiger partial charge in [-0.05, 0) is 51.9 Å². The monoisotopic (exact) mass is 442 g/mol. The summed E-state index contributed by atoms with van der Waals surface area (Å²) in [5.41, 5.74) is 4.96. The van der Waals surface area contributed by atoms with Gasteiger partial charge in [-0.15, -0.1) is 0 Å². The van der Waals surface area contributed by atoms with Crippen molar-refractivity contribution in [3.05, 3.63) is 0 Å². The van der Waals surface area contributed by atoms with E-state index in [1.54, 1.807) is 0 Å². The quantitative estimate of drug-likeness (QED) is 0.196. The van der Waals surface area contributed by atoms with Gasteiger partial charge in [-0.25, -0.2) is 4.79 Å². The lowest BCUT2D eigenvalue weighted by atomic mass is 10.0. The van der Waals surface area contributed by atoms with E-state index in [-0.39, 0.29) is 36.5 Å². The van der Waals surface area contributed by atoms with Crippen LogP contribution in [0, 0.1) is 5.92 Å². The van der Waals surface area contributed by atoms with E-state index in [2.05, 4.69) is 16.0 Å². The van der Waals surface area contributed by atoms with E-state index in [0.717, 1.165) is 19.3 Å². The van der Waals surface area contributed by atoms with Crippen molar-refractivity contribution >= 4 is 29.6 Å². The number of ketones is 1. The Morgan fingerprint density at radius 3 is 2.16 bits per heavy atom. The second-order valence-electron chi connectivity index (χ2n) is 7.43. The van der Waals surface area contributed by atoms with Crippen LogP contribution in [0.2, 0.25) is 0 Å². The Morgan fingerprint density at radius 2 is 1.58 bits per heavy atom. The van der Waals surface area contributed by atoms with E-state index in [9.17, 15) is 24.0 Å². The number of hydrogen-bond donors (Lipinski definition) is 4. The molecule has 0 aliphatic carbocycles. The topological polar surface area (TPSA) is 157 Å². The summed E-state index contributed by atoms with van der Waals surface area (Å²) in [4.78, 5) is 57.8. The van der Waals surface area contributed by atoms with Gasteiger partial charge in [-0.2, -0.15) is 0 Å². The molecule has 10 nitrogen and oxygen atoms in total. The fourth-order valence-corrected chi connectivity index (χ4v) is 2.88. The number of primary amides is 1. The van der Waals surface area contributed by atoms with Crippen LogP contribution in [0.25, 0.3) is 0 Å². The summed E-state index contributed by atoms with van der Waals surface area (Å²) in [5.74, 6) is -1.13. The van der Waals surface area contributed by atoms with Crippen LogP contribution in [-0.4, -0.2) is 55.3 Å². The molecule has 0 aliphatic heterocycles. The summed E-state index contributed by atoms with van der Waals surface area (Å²) >= 11 is 0. The standard InChI is InChI=1S/C21H38N4O6/c1-4-16(5-2)20(29)31-13-8-6-7-11-18(27)24-14-19(28)25-17(15(3)26)10-9-12-23-21(22)30/h16-17H,4-14H2,1-3H3,(H,24,27)(H,25,28)(H3,22,23,30). The second-order valence-corrected chi connectivity index (χ2v) is 7.43. The van der Waals surface area contributed by atoms with Crippen LogP contribution in [0.5, 0.6) is 0 Å². The summed E-state index contributed by atoms with van der Waals surface area (Å²) in [6.07, 6.45) is 4.68. The van der Waals surface area contributed by atoms with Gasteiger partial charge >= 0.3 is 12.0 Å². The molecule has 0 saturated carbocycles. The highest BCUT2D eigenvalue weighted by Crippen LogP contribution is 2.10. The lowest BCUT2D eigenvalue weighted by molar-refractivity contribution is -0.149. The molecule has 178 valence electrons. The van der Waals surface area contributed by atoms with Crippen LogP contribution in [0.3, 0.4) is 0 Å². The smallest absolute Gasteiger partial charge is 0.312 e. The van der Waals surface area contributed by atoms with E-state index in [1.807, 2.05) is 13.8 Å². The van der Waals surface area contributed by atoms with Gasteiger partial charge in [0.05, 0.1) is 25.1 Å². The normalized spacial score (nSPS) is 11.5. The first-order valence-electron chi connectivity index (χ1n) is 11.0. The number of nitrogens with two attached hydrogens (primary N) is 1. The molecule has 4 amide bonds. The van der Waals surface area contributed by atoms with Crippen molar-refractivity contribution in [1.29, 1.82) is 0 Å². The average molecular weight is 443 g/mol. The molecule has 0 radical (unpaired) electrons. The van der Waals surface area contributed by atoms with Crippen LogP contribution in [0.1, 0.15) is 72.1 Å². The first-order valence-corrected chi connectivity index (χ1v) is 11.0. The Hall–Kier alpha value is -2.65. The molecule has 0 saturated heterocycles. The van der Waals surface area contributed by atoms with E-state index in [1.165, 1.54) is 6.92 Å². The number of carbonyl (C=O) groups is 5. The van der Waals surface area contributed by atoms with E-state index in [4.69, 9.17) is 10.5 Å². The van der Waals surface area contributed by atoms with Gasteiger partial charge in [0.25, 0.3) is 0 Å². The third-order valence-corrected chi connectivity index (χ3v) is 4.85. The van der Waals surface area contributed by atoms with E-state index < -0.39 is 18.0 Å². The van der Waals surface area contributed by atoms with Crippen molar-refractivity contribution in [2.24, 2.45) is 11.7 Å². The van der Waals surface area contributed by atoms with Crippen molar-refractivity contribution in [2.45, 2.75) is 78.2 Å². The summed E-state index contributed by atoms with van der Waals surface area (Å²) < 4.78 is 5.23. The van der Waals surface area contributed by atoms with Crippen molar-refractivity contribution < 1.29 is 28.7 Å². The highest BCUT2D eigenvalue weighted by Gasteiger charge is 2.17. The molecule has 0 aromatic carbocycles. The summed E-state index contributed by atoms with van der Waals surface area (Å²) in [6, 6.07) is -1.32. The number of esters is 1. The van der Waals surface area contributed by atoms with Crippen LogP contribution in [0.15, 0.2) is 0 Å². The predicted octanol–water partition coefficient (Wildman–Crippen LogP) is 1.16. The Kier molecular flexibility index (Phi) is 15.6. The van der Waals surface area contributed by atoms with Crippen LogP contribution < -0.4 is 21.7 Å². The third kappa shape index (κ3) is 14.9. The van der Waals surface area contributed by atoms with Crippen molar-refractivity contribution in [2.75, 3.05) is 19.7 Å². The number of amides is 4. The van der Waals surface area contributed by atoms with Gasteiger partial charge in [-0.1, -0.05) is 13.8 Å². The minimum absolute atomic E-state index is 0.0497. The van der Waals surface area contributed by atoms with Crippen molar-refractivity contribution in [1.82, 2.24) is 16.0 Å². The Bertz CT molecular complexity index is 592. The molecule has 0 fully saturated rings. The number of unbranched alkanes of at least 4 members (excludes halogenated alkanes) is 2. The summed E-state index contributed by atoms with van der Waals surface area (Å²) in [5, 5.41) is 7.52. The molecular weight excluding hydrogens is 404 g/mol. The van der Waals surface area contributed by atoms with E-state index in [0.29, 0.717) is 38.8 Å². The predicted molar refractivity (Wildman–Crippen MR) is 116 cm³/mol.